The molecule has 1 heterocycles. The third-order valence-corrected chi connectivity index (χ3v) is 5.16. The quantitative estimate of drug-likeness (QED) is 0.416. The molecule has 0 bridgehead atoms. The Morgan fingerprint density at radius 3 is 2.17 bits per heavy atom. The average molecular weight is 407 g/mol. The Balaban J connectivity index is 1.79. The summed E-state index contributed by atoms with van der Waals surface area (Å²) >= 11 is 0. The molecule has 0 atom stereocenters. The SMILES string of the molecule is CCCCOCCCN1C(=O)C(c2ccccc2)=C(N(C)Cc2ccccc2)C1=O. The molecule has 5 nitrogen and oxygen atoms in total. The van der Waals surface area contributed by atoms with Gasteiger partial charge in [0.15, 0.2) is 0 Å². The Hall–Kier alpha value is -2.92. The normalized spacial score (nSPS) is 14.0. The highest BCUT2D eigenvalue weighted by Crippen LogP contribution is 2.31. The third-order valence-electron chi connectivity index (χ3n) is 5.16. The van der Waals surface area contributed by atoms with E-state index in [1.54, 1.807) is 0 Å². The first-order chi connectivity index (χ1) is 14.6. The molecular formula is C25H30N2O3. The predicted molar refractivity (Wildman–Crippen MR) is 118 cm³/mol. The van der Waals surface area contributed by atoms with Crippen LogP contribution in [0.25, 0.3) is 5.57 Å². The molecule has 0 N–H and O–H groups in total. The van der Waals surface area contributed by atoms with Crippen molar-refractivity contribution >= 4 is 17.4 Å². The van der Waals surface area contributed by atoms with Gasteiger partial charge < -0.3 is 9.64 Å². The number of hydrogen-bond donors (Lipinski definition) is 0. The standard InChI is InChI=1S/C25H30N2O3/c1-3-4-17-30-18-11-16-27-24(28)22(21-14-9-6-10-15-21)23(25(27)29)26(2)19-20-12-7-5-8-13-20/h5-10,12-15H,3-4,11,16-19H2,1-2H3. The summed E-state index contributed by atoms with van der Waals surface area (Å²) < 4.78 is 5.60. The van der Waals surface area contributed by atoms with Gasteiger partial charge in [-0.3, -0.25) is 14.5 Å². The minimum Gasteiger partial charge on any atom is -0.381 e. The molecular weight excluding hydrogens is 376 g/mol. The van der Waals surface area contributed by atoms with Crippen molar-refractivity contribution < 1.29 is 14.3 Å². The highest BCUT2D eigenvalue weighted by atomic mass is 16.5. The van der Waals surface area contributed by atoms with Gasteiger partial charge in [-0.15, -0.1) is 0 Å². The van der Waals surface area contributed by atoms with Gasteiger partial charge in [-0.1, -0.05) is 74.0 Å². The molecule has 0 saturated heterocycles. The van der Waals surface area contributed by atoms with Crippen LogP contribution in [0.4, 0.5) is 0 Å². The zero-order valence-corrected chi connectivity index (χ0v) is 17.8. The van der Waals surface area contributed by atoms with E-state index in [1.165, 1.54) is 4.90 Å². The molecule has 1 aliphatic heterocycles. The molecule has 3 rings (SSSR count). The first-order valence-corrected chi connectivity index (χ1v) is 10.6. The Labute approximate surface area is 178 Å². The lowest BCUT2D eigenvalue weighted by atomic mass is 10.0. The van der Waals surface area contributed by atoms with Crippen LogP contribution in [0, 0.1) is 0 Å². The number of carbonyl (C=O) groups excluding carboxylic acids is 2. The summed E-state index contributed by atoms with van der Waals surface area (Å²) in [5.41, 5.74) is 2.79. The van der Waals surface area contributed by atoms with Gasteiger partial charge in [0.1, 0.15) is 5.70 Å². The molecule has 0 unspecified atom stereocenters. The Bertz CT molecular complexity index is 878. The minimum atomic E-state index is -0.231. The highest BCUT2D eigenvalue weighted by molar-refractivity contribution is 6.35. The van der Waals surface area contributed by atoms with Crippen molar-refractivity contribution in [3.05, 3.63) is 77.5 Å². The highest BCUT2D eigenvalue weighted by Gasteiger charge is 2.40. The van der Waals surface area contributed by atoms with Crippen LogP contribution in [0.1, 0.15) is 37.3 Å². The number of amides is 2. The fourth-order valence-corrected chi connectivity index (χ4v) is 3.60. The largest absolute Gasteiger partial charge is 0.381 e. The molecule has 0 saturated carbocycles. The smallest absolute Gasteiger partial charge is 0.277 e. The van der Waals surface area contributed by atoms with Crippen molar-refractivity contribution in [2.75, 3.05) is 26.8 Å². The van der Waals surface area contributed by atoms with Crippen molar-refractivity contribution in [1.82, 2.24) is 9.80 Å². The molecule has 2 aromatic rings. The maximum Gasteiger partial charge on any atom is 0.277 e. The second-order valence-electron chi connectivity index (χ2n) is 7.51. The molecule has 158 valence electrons. The fraction of sp³-hybridized carbons (Fsp3) is 0.360. The number of likely N-dealkylation sites (N-methyl/N-ethyl adjacent to an activating group) is 1. The van der Waals surface area contributed by atoms with Crippen LogP contribution in [0.3, 0.4) is 0 Å². The number of benzene rings is 2. The topological polar surface area (TPSA) is 49.9 Å². The summed E-state index contributed by atoms with van der Waals surface area (Å²) in [6.07, 6.45) is 2.75. The van der Waals surface area contributed by atoms with E-state index in [1.807, 2.05) is 72.6 Å². The summed E-state index contributed by atoms with van der Waals surface area (Å²) in [7, 11) is 1.87. The van der Waals surface area contributed by atoms with E-state index in [0.29, 0.717) is 37.4 Å². The summed E-state index contributed by atoms with van der Waals surface area (Å²) in [6, 6.07) is 19.4. The maximum absolute atomic E-state index is 13.3. The van der Waals surface area contributed by atoms with Crippen molar-refractivity contribution in [2.45, 2.75) is 32.7 Å². The van der Waals surface area contributed by atoms with E-state index in [2.05, 4.69) is 6.92 Å². The first-order valence-electron chi connectivity index (χ1n) is 10.6. The molecule has 30 heavy (non-hydrogen) atoms. The van der Waals surface area contributed by atoms with E-state index in [9.17, 15) is 9.59 Å². The Morgan fingerprint density at radius 2 is 1.50 bits per heavy atom. The van der Waals surface area contributed by atoms with Crippen LogP contribution >= 0.6 is 0 Å². The van der Waals surface area contributed by atoms with Crippen LogP contribution in [-0.2, 0) is 20.9 Å². The van der Waals surface area contributed by atoms with Crippen molar-refractivity contribution in [1.29, 1.82) is 0 Å². The van der Waals surface area contributed by atoms with Crippen molar-refractivity contribution in [3.8, 4) is 0 Å². The molecule has 2 amide bonds. The number of imide groups is 1. The summed E-state index contributed by atoms with van der Waals surface area (Å²) in [5, 5.41) is 0. The van der Waals surface area contributed by atoms with E-state index in [4.69, 9.17) is 4.74 Å². The maximum atomic E-state index is 13.3. The monoisotopic (exact) mass is 406 g/mol. The van der Waals surface area contributed by atoms with Crippen LogP contribution in [-0.4, -0.2) is 48.4 Å². The van der Waals surface area contributed by atoms with Crippen LogP contribution in [0.2, 0.25) is 0 Å². The third kappa shape index (κ3) is 5.16. The summed E-state index contributed by atoms with van der Waals surface area (Å²) in [5.74, 6) is -0.458. The molecule has 2 aromatic carbocycles. The van der Waals surface area contributed by atoms with Gasteiger partial charge in [0.25, 0.3) is 11.8 Å². The second kappa shape index (κ2) is 10.7. The van der Waals surface area contributed by atoms with Gasteiger partial charge >= 0.3 is 0 Å². The number of nitrogens with zero attached hydrogens (tertiary/aromatic N) is 2. The van der Waals surface area contributed by atoms with Gasteiger partial charge in [0.2, 0.25) is 0 Å². The molecule has 0 aliphatic carbocycles. The van der Waals surface area contributed by atoms with E-state index < -0.39 is 0 Å². The molecule has 0 spiro atoms. The number of rotatable bonds is 11. The zero-order chi connectivity index (χ0) is 21.3. The zero-order valence-electron chi connectivity index (χ0n) is 17.8. The lowest BCUT2D eigenvalue weighted by Gasteiger charge is -2.21. The van der Waals surface area contributed by atoms with Crippen LogP contribution in [0.15, 0.2) is 66.4 Å². The Morgan fingerprint density at radius 1 is 0.867 bits per heavy atom. The first kappa shape index (κ1) is 21.8. The lowest BCUT2D eigenvalue weighted by molar-refractivity contribution is -0.137. The van der Waals surface area contributed by atoms with Gasteiger partial charge in [0.05, 0.1) is 5.57 Å². The fourth-order valence-electron chi connectivity index (χ4n) is 3.60. The predicted octanol–water partition coefficient (Wildman–Crippen LogP) is 4.11. The van der Waals surface area contributed by atoms with Gasteiger partial charge in [0, 0.05) is 33.4 Å². The minimum absolute atomic E-state index is 0.227. The number of ether oxygens (including phenoxy) is 1. The van der Waals surface area contributed by atoms with Crippen molar-refractivity contribution in [3.63, 3.8) is 0 Å². The van der Waals surface area contributed by atoms with Crippen LogP contribution < -0.4 is 0 Å². The molecule has 5 heteroatoms. The van der Waals surface area contributed by atoms with Gasteiger partial charge in [-0.2, -0.15) is 0 Å². The van der Waals surface area contributed by atoms with Crippen LogP contribution in [0.5, 0.6) is 0 Å². The molecule has 0 radical (unpaired) electrons. The average Bonchev–Trinajstić information content (AvgIpc) is 3.02. The van der Waals surface area contributed by atoms with E-state index >= 15 is 0 Å². The molecule has 0 fully saturated rings. The van der Waals surface area contributed by atoms with E-state index in [-0.39, 0.29) is 11.8 Å². The molecule has 1 aliphatic rings. The van der Waals surface area contributed by atoms with Crippen molar-refractivity contribution in [2.24, 2.45) is 0 Å². The second-order valence-corrected chi connectivity index (χ2v) is 7.51. The lowest BCUT2D eigenvalue weighted by Crippen LogP contribution is -2.35. The number of hydrogen-bond acceptors (Lipinski definition) is 4. The summed E-state index contributed by atoms with van der Waals surface area (Å²) in [6.45, 7) is 4.31. The van der Waals surface area contributed by atoms with Gasteiger partial charge in [-0.25, -0.2) is 0 Å². The van der Waals surface area contributed by atoms with Gasteiger partial charge in [-0.05, 0) is 24.0 Å². The number of unbranched alkanes of at least 4 members (excludes halogenated alkanes) is 1. The number of carbonyl (C=O) groups is 2. The molecule has 0 aromatic heterocycles. The Kier molecular flexibility index (Phi) is 7.80. The van der Waals surface area contributed by atoms with E-state index in [0.717, 1.165) is 30.6 Å². The summed E-state index contributed by atoms with van der Waals surface area (Å²) in [4.78, 5) is 29.7.